The maximum absolute atomic E-state index is 4.43. The first-order chi connectivity index (χ1) is 7.97. The molecule has 96 valence electrons. The van der Waals surface area contributed by atoms with Crippen molar-refractivity contribution in [3.63, 3.8) is 0 Å². The Morgan fingerprint density at radius 2 is 2.18 bits per heavy atom. The van der Waals surface area contributed by atoms with E-state index < -0.39 is 0 Å². The van der Waals surface area contributed by atoms with E-state index in [0.29, 0.717) is 6.04 Å². The quantitative estimate of drug-likeness (QED) is 0.873. The Labute approximate surface area is 105 Å². The summed E-state index contributed by atoms with van der Waals surface area (Å²) in [4.78, 5) is 0. The summed E-state index contributed by atoms with van der Waals surface area (Å²) in [5, 5.41) is 8.09. The number of hydrogen-bond donors (Lipinski definition) is 1. The maximum Gasteiger partial charge on any atom is 0.0543 e. The summed E-state index contributed by atoms with van der Waals surface area (Å²) in [5.74, 6) is 0.827. The summed E-state index contributed by atoms with van der Waals surface area (Å²) in [6, 6.07) is 0.702. The topological polar surface area (TPSA) is 29.9 Å². The van der Waals surface area contributed by atoms with E-state index >= 15 is 0 Å². The molecular weight excluding hydrogens is 210 g/mol. The second-order valence-electron chi connectivity index (χ2n) is 6.36. The number of hydrogen-bond acceptors (Lipinski definition) is 2. The molecule has 3 heteroatoms. The summed E-state index contributed by atoms with van der Waals surface area (Å²) in [7, 11) is 0. The third kappa shape index (κ3) is 3.09. The molecule has 1 saturated carbocycles. The van der Waals surface area contributed by atoms with Gasteiger partial charge in [0.25, 0.3) is 0 Å². The van der Waals surface area contributed by atoms with Crippen LogP contribution in [0.4, 0.5) is 0 Å². The summed E-state index contributed by atoms with van der Waals surface area (Å²) < 4.78 is 2.04. The van der Waals surface area contributed by atoms with Crippen LogP contribution in [-0.2, 0) is 12.1 Å². The Morgan fingerprint density at radius 3 is 2.71 bits per heavy atom. The van der Waals surface area contributed by atoms with Gasteiger partial charge in [0.2, 0.25) is 0 Å². The van der Waals surface area contributed by atoms with E-state index in [1.165, 1.54) is 24.8 Å². The van der Waals surface area contributed by atoms with Gasteiger partial charge >= 0.3 is 0 Å². The van der Waals surface area contributed by atoms with E-state index in [4.69, 9.17) is 0 Å². The van der Waals surface area contributed by atoms with Gasteiger partial charge < -0.3 is 5.32 Å². The zero-order valence-corrected chi connectivity index (χ0v) is 11.5. The van der Waals surface area contributed by atoms with Gasteiger partial charge in [0.1, 0.15) is 0 Å². The Balaban J connectivity index is 1.89. The third-order valence-corrected chi connectivity index (χ3v) is 3.75. The van der Waals surface area contributed by atoms with Crippen molar-refractivity contribution in [3.05, 3.63) is 18.0 Å². The number of rotatable bonds is 3. The van der Waals surface area contributed by atoms with Crippen molar-refractivity contribution in [2.75, 3.05) is 0 Å². The van der Waals surface area contributed by atoms with Crippen LogP contribution < -0.4 is 5.32 Å². The molecule has 1 heterocycles. The van der Waals surface area contributed by atoms with Crippen molar-refractivity contribution in [2.24, 2.45) is 5.92 Å². The lowest BCUT2D eigenvalue weighted by atomic mass is 10.1. The molecule has 1 N–H and O–H groups in total. The van der Waals surface area contributed by atoms with Crippen molar-refractivity contribution in [1.82, 2.24) is 15.1 Å². The van der Waals surface area contributed by atoms with E-state index in [2.05, 4.69) is 44.3 Å². The predicted molar refractivity (Wildman–Crippen MR) is 70.9 cm³/mol. The molecule has 2 atom stereocenters. The molecule has 2 unspecified atom stereocenters. The fourth-order valence-electron chi connectivity index (χ4n) is 2.52. The fraction of sp³-hybridized carbons (Fsp3) is 0.786. The maximum atomic E-state index is 4.43. The van der Waals surface area contributed by atoms with Crippen LogP contribution in [0.5, 0.6) is 0 Å². The van der Waals surface area contributed by atoms with Gasteiger partial charge in [-0.15, -0.1) is 0 Å². The molecule has 1 aromatic heterocycles. The minimum Gasteiger partial charge on any atom is -0.310 e. The molecule has 2 rings (SSSR count). The molecule has 0 bridgehead atoms. The number of aromatic nitrogens is 2. The molecule has 0 aliphatic heterocycles. The highest BCUT2D eigenvalue weighted by Crippen LogP contribution is 2.25. The SMILES string of the molecule is CC1CCCC1NCc1cnn(C(C)(C)C)c1. The Kier molecular flexibility index (Phi) is 3.57. The number of nitrogens with zero attached hydrogens (tertiary/aromatic N) is 2. The lowest BCUT2D eigenvalue weighted by Crippen LogP contribution is -2.30. The third-order valence-electron chi connectivity index (χ3n) is 3.75. The van der Waals surface area contributed by atoms with Crippen LogP contribution in [0.1, 0.15) is 52.5 Å². The molecular formula is C14H25N3. The summed E-state index contributed by atoms with van der Waals surface area (Å²) in [6.45, 7) is 9.83. The lowest BCUT2D eigenvalue weighted by molar-refractivity contribution is 0.355. The van der Waals surface area contributed by atoms with Crippen LogP contribution in [0.2, 0.25) is 0 Å². The first-order valence-corrected chi connectivity index (χ1v) is 6.74. The number of nitrogens with one attached hydrogen (secondary N) is 1. The summed E-state index contributed by atoms with van der Waals surface area (Å²) in [6.07, 6.45) is 8.22. The molecule has 0 saturated heterocycles. The van der Waals surface area contributed by atoms with Gasteiger partial charge in [-0.1, -0.05) is 13.3 Å². The van der Waals surface area contributed by atoms with Crippen LogP contribution in [0, 0.1) is 5.92 Å². The van der Waals surface area contributed by atoms with Crippen LogP contribution in [0.3, 0.4) is 0 Å². The molecule has 1 aliphatic rings. The van der Waals surface area contributed by atoms with E-state index in [1.807, 2.05) is 10.9 Å². The minimum atomic E-state index is 0.0822. The van der Waals surface area contributed by atoms with Crippen molar-refractivity contribution >= 4 is 0 Å². The lowest BCUT2D eigenvalue weighted by Gasteiger charge is -2.19. The molecule has 0 spiro atoms. The van der Waals surface area contributed by atoms with Crippen molar-refractivity contribution in [1.29, 1.82) is 0 Å². The summed E-state index contributed by atoms with van der Waals surface area (Å²) >= 11 is 0. The second kappa shape index (κ2) is 4.81. The molecule has 3 nitrogen and oxygen atoms in total. The Bertz CT molecular complexity index is 362. The zero-order chi connectivity index (χ0) is 12.5. The second-order valence-corrected chi connectivity index (χ2v) is 6.36. The first-order valence-electron chi connectivity index (χ1n) is 6.74. The molecule has 0 amide bonds. The van der Waals surface area contributed by atoms with Crippen molar-refractivity contribution in [3.8, 4) is 0 Å². The van der Waals surface area contributed by atoms with Gasteiger partial charge in [0.05, 0.1) is 11.7 Å². The first kappa shape index (κ1) is 12.6. The van der Waals surface area contributed by atoms with Gasteiger partial charge in [0.15, 0.2) is 0 Å². The molecule has 1 aliphatic carbocycles. The molecule has 0 radical (unpaired) electrons. The van der Waals surface area contributed by atoms with Crippen LogP contribution in [0.25, 0.3) is 0 Å². The largest absolute Gasteiger partial charge is 0.310 e. The predicted octanol–water partition coefficient (Wildman–Crippen LogP) is 2.92. The van der Waals surface area contributed by atoms with E-state index in [-0.39, 0.29) is 5.54 Å². The van der Waals surface area contributed by atoms with E-state index in [1.54, 1.807) is 0 Å². The monoisotopic (exact) mass is 235 g/mol. The van der Waals surface area contributed by atoms with Crippen LogP contribution >= 0.6 is 0 Å². The fourth-order valence-corrected chi connectivity index (χ4v) is 2.52. The zero-order valence-electron chi connectivity index (χ0n) is 11.5. The van der Waals surface area contributed by atoms with Crippen LogP contribution in [-0.4, -0.2) is 15.8 Å². The van der Waals surface area contributed by atoms with Gasteiger partial charge in [-0.05, 0) is 39.5 Å². The Morgan fingerprint density at radius 1 is 1.41 bits per heavy atom. The van der Waals surface area contributed by atoms with Crippen LogP contribution in [0.15, 0.2) is 12.4 Å². The highest BCUT2D eigenvalue weighted by molar-refractivity contribution is 5.05. The normalized spacial score (nSPS) is 25.4. The van der Waals surface area contributed by atoms with E-state index in [0.717, 1.165) is 12.5 Å². The highest BCUT2D eigenvalue weighted by Gasteiger charge is 2.22. The highest BCUT2D eigenvalue weighted by atomic mass is 15.3. The standard InChI is InChI=1S/C14H25N3/c1-11-6-5-7-13(11)15-8-12-9-16-17(10-12)14(2,3)4/h9-11,13,15H,5-8H2,1-4H3. The molecule has 1 aromatic rings. The minimum absolute atomic E-state index is 0.0822. The average molecular weight is 235 g/mol. The molecule has 1 fully saturated rings. The Hall–Kier alpha value is -0.830. The van der Waals surface area contributed by atoms with Crippen molar-refractivity contribution < 1.29 is 0 Å². The van der Waals surface area contributed by atoms with Gasteiger partial charge in [-0.3, -0.25) is 4.68 Å². The molecule has 0 aromatic carbocycles. The van der Waals surface area contributed by atoms with Gasteiger partial charge in [-0.25, -0.2) is 0 Å². The van der Waals surface area contributed by atoms with Gasteiger partial charge in [-0.2, -0.15) is 5.10 Å². The van der Waals surface area contributed by atoms with Crippen molar-refractivity contribution in [2.45, 2.75) is 65.1 Å². The summed E-state index contributed by atoms with van der Waals surface area (Å²) in [5.41, 5.74) is 1.37. The van der Waals surface area contributed by atoms with E-state index in [9.17, 15) is 0 Å². The molecule has 17 heavy (non-hydrogen) atoms. The average Bonchev–Trinajstić information content (AvgIpc) is 2.82. The van der Waals surface area contributed by atoms with Gasteiger partial charge in [0, 0.05) is 24.3 Å². The smallest absolute Gasteiger partial charge is 0.0543 e.